The van der Waals surface area contributed by atoms with Gasteiger partial charge in [-0.25, -0.2) is 0 Å². The van der Waals surface area contributed by atoms with E-state index >= 15 is 0 Å². The molecule has 0 amide bonds. The van der Waals surface area contributed by atoms with Gasteiger partial charge in [-0.2, -0.15) is 13.2 Å². The quantitative estimate of drug-likeness (QED) is 0.840. The Morgan fingerprint density at radius 2 is 1.70 bits per heavy atom. The summed E-state index contributed by atoms with van der Waals surface area (Å²) in [6, 6.07) is 13.6. The first-order valence-corrected chi connectivity index (χ1v) is 7.34. The average Bonchev–Trinajstić information content (AvgIpc) is 2.52. The minimum atomic E-state index is -4.68. The Labute approximate surface area is 133 Å². The minimum absolute atomic E-state index is 0.0267. The summed E-state index contributed by atoms with van der Waals surface area (Å²) in [6.07, 6.45) is -7.16. The molecule has 23 heavy (non-hydrogen) atoms. The van der Waals surface area contributed by atoms with Crippen molar-refractivity contribution in [1.82, 2.24) is 0 Å². The molecule has 2 nitrogen and oxygen atoms in total. The second-order valence-electron chi connectivity index (χ2n) is 5.67. The van der Waals surface area contributed by atoms with Crippen molar-refractivity contribution in [1.29, 1.82) is 0 Å². The van der Waals surface area contributed by atoms with Crippen LogP contribution < -0.4 is 4.74 Å². The largest absolute Gasteiger partial charge is 0.489 e. The molecule has 0 aliphatic heterocycles. The van der Waals surface area contributed by atoms with Crippen LogP contribution in [0.3, 0.4) is 0 Å². The molecule has 0 saturated heterocycles. The summed E-state index contributed by atoms with van der Waals surface area (Å²) in [5, 5.41) is 9.40. The van der Waals surface area contributed by atoms with Crippen molar-refractivity contribution in [2.24, 2.45) is 0 Å². The fraction of sp³-hybridized carbons (Fsp3) is 0.333. The number of rotatable bonds is 5. The van der Waals surface area contributed by atoms with Crippen LogP contribution in [0.1, 0.15) is 42.6 Å². The molecule has 0 aromatic heterocycles. The van der Waals surface area contributed by atoms with Gasteiger partial charge in [0.15, 0.2) is 6.10 Å². The summed E-state index contributed by atoms with van der Waals surface area (Å²) in [5.41, 5.74) is 1.44. The molecule has 0 fully saturated rings. The summed E-state index contributed by atoms with van der Waals surface area (Å²) >= 11 is 0. The molecule has 0 aliphatic rings. The first kappa shape index (κ1) is 17.3. The zero-order valence-corrected chi connectivity index (χ0v) is 13.0. The average molecular weight is 324 g/mol. The number of benzene rings is 2. The highest BCUT2D eigenvalue weighted by molar-refractivity contribution is 5.40. The molecule has 0 bridgehead atoms. The van der Waals surface area contributed by atoms with E-state index in [0.29, 0.717) is 17.9 Å². The lowest BCUT2D eigenvalue weighted by atomic mass is 9.97. The van der Waals surface area contributed by atoms with Crippen LogP contribution >= 0.6 is 0 Å². The van der Waals surface area contributed by atoms with Gasteiger partial charge in [-0.1, -0.05) is 50.2 Å². The molecule has 0 spiro atoms. The SMILES string of the molecule is CC(C)c1cc(C(O)C(F)(F)F)ccc1OCc1ccccc1. The summed E-state index contributed by atoms with van der Waals surface area (Å²) in [7, 11) is 0. The van der Waals surface area contributed by atoms with Gasteiger partial charge < -0.3 is 9.84 Å². The van der Waals surface area contributed by atoms with Gasteiger partial charge in [-0.15, -0.1) is 0 Å². The van der Waals surface area contributed by atoms with E-state index in [1.165, 1.54) is 18.2 Å². The van der Waals surface area contributed by atoms with Crippen LogP contribution in [0.25, 0.3) is 0 Å². The zero-order valence-electron chi connectivity index (χ0n) is 13.0. The van der Waals surface area contributed by atoms with E-state index in [0.717, 1.165) is 5.56 Å². The van der Waals surface area contributed by atoms with Gasteiger partial charge >= 0.3 is 6.18 Å². The maximum Gasteiger partial charge on any atom is 0.418 e. The maximum absolute atomic E-state index is 12.7. The second-order valence-corrected chi connectivity index (χ2v) is 5.67. The normalized spacial score (nSPS) is 13.2. The van der Waals surface area contributed by atoms with Crippen LogP contribution in [0.15, 0.2) is 48.5 Å². The number of alkyl halides is 3. The van der Waals surface area contributed by atoms with E-state index in [1.807, 2.05) is 44.2 Å². The van der Waals surface area contributed by atoms with Crippen LogP contribution in [0.4, 0.5) is 13.2 Å². The summed E-state index contributed by atoms with van der Waals surface area (Å²) in [5.74, 6) is 0.503. The van der Waals surface area contributed by atoms with Gasteiger partial charge in [0, 0.05) is 0 Å². The molecule has 2 rings (SSSR count). The molecule has 124 valence electrons. The standard InChI is InChI=1S/C18H19F3O2/c1-12(2)15-10-14(17(22)18(19,20)21)8-9-16(15)23-11-13-6-4-3-5-7-13/h3-10,12,17,22H,11H2,1-2H3. The summed E-state index contributed by atoms with van der Waals surface area (Å²) < 4.78 is 43.7. The lowest BCUT2D eigenvalue weighted by Gasteiger charge is -2.19. The highest BCUT2D eigenvalue weighted by Gasteiger charge is 2.39. The van der Waals surface area contributed by atoms with Crippen molar-refractivity contribution in [2.75, 3.05) is 0 Å². The smallest absolute Gasteiger partial charge is 0.418 e. The third-order valence-electron chi connectivity index (χ3n) is 3.52. The van der Waals surface area contributed by atoms with E-state index in [4.69, 9.17) is 4.74 Å². The van der Waals surface area contributed by atoms with Crippen LogP contribution in [-0.4, -0.2) is 11.3 Å². The lowest BCUT2D eigenvalue weighted by Crippen LogP contribution is -2.20. The van der Waals surface area contributed by atoms with E-state index in [9.17, 15) is 18.3 Å². The van der Waals surface area contributed by atoms with E-state index in [1.54, 1.807) is 0 Å². The zero-order chi connectivity index (χ0) is 17.0. The molecule has 0 saturated carbocycles. The van der Waals surface area contributed by atoms with Gasteiger partial charge in [-0.3, -0.25) is 0 Å². The molecule has 0 aliphatic carbocycles. The maximum atomic E-state index is 12.7. The number of aliphatic hydroxyl groups is 1. The third kappa shape index (κ3) is 4.48. The van der Waals surface area contributed by atoms with Crippen LogP contribution in [0, 0.1) is 0 Å². The first-order valence-electron chi connectivity index (χ1n) is 7.34. The second kappa shape index (κ2) is 7.04. The molecule has 2 aromatic carbocycles. The molecule has 5 heteroatoms. The van der Waals surface area contributed by atoms with E-state index in [-0.39, 0.29) is 11.5 Å². The van der Waals surface area contributed by atoms with Crippen molar-refractivity contribution in [3.8, 4) is 5.75 Å². The molecule has 2 aromatic rings. The van der Waals surface area contributed by atoms with E-state index in [2.05, 4.69) is 0 Å². The monoisotopic (exact) mass is 324 g/mol. The predicted molar refractivity (Wildman–Crippen MR) is 82.3 cm³/mol. The Kier molecular flexibility index (Phi) is 5.31. The minimum Gasteiger partial charge on any atom is -0.489 e. The first-order chi connectivity index (χ1) is 10.8. The molecule has 1 N–H and O–H groups in total. The number of aliphatic hydroxyl groups excluding tert-OH is 1. The Balaban J connectivity index is 2.23. The summed E-state index contributed by atoms with van der Waals surface area (Å²) in [4.78, 5) is 0. The molecule has 1 unspecified atom stereocenters. The molecule has 0 radical (unpaired) electrons. The van der Waals surface area contributed by atoms with Crippen molar-refractivity contribution in [3.63, 3.8) is 0 Å². The fourth-order valence-corrected chi connectivity index (χ4v) is 2.24. The number of halogens is 3. The van der Waals surface area contributed by atoms with Crippen molar-refractivity contribution < 1.29 is 23.0 Å². The molecule has 0 heterocycles. The third-order valence-corrected chi connectivity index (χ3v) is 3.52. The van der Waals surface area contributed by atoms with Crippen LogP contribution in [0.5, 0.6) is 5.75 Å². The lowest BCUT2D eigenvalue weighted by molar-refractivity contribution is -0.206. The highest BCUT2D eigenvalue weighted by Crippen LogP contribution is 2.36. The number of ether oxygens (including phenoxy) is 1. The van der Waals surface area contributed by atoms with Gasteiger partial charge in [0.1, 0.15) is 12.4 Å². The Morgan fingerprint density at radius 1 is 1.04 bits per heavy atom. The van der Waals surface area contributed by atoms with Crippen molar-refractivity contribution in [3.05, 3.63) is 65.2 Å². The van der Waals surface area contributed by atoms with Gasteiger partial charge in [0.05, 0.1) is 0 Å². The van der Waals surface area contributed by atoms with Crippen LogP contribution in [-0.2, 0) is 6.61 Å². The van der Waals surface area contributed by atoms with Gasteiger partial charge in [-0.05, 0) is 34.7 Å². The van der Waals surface area contributed by atoms with Gasteiger partial charge in [0.25, 0.3) is 0 Å². The highest BCUT2D eigenvalue weighted by atomic mass is 19.4. The van der Waals surface area contributed by atoms with Crippen molar-refractivity contribution in [2.45, 2.75) is 38.7 Å². The fourth-order valence-electron chi connectivity index (χ4n) is 2.24. The number of hydrogen-bond acceptors (Lipinski definition) is 2. The summed E-state index contributed by atoms with van der Waals surface area (Å²) in [6.45, 7) is 4.07. The predicted octanol–water partition coefficient (Wildman–Crippen LogP) is 4.98. The topological polar surface area (TPSA) is 29.5 Å². The molecule has 1 atom stereocenters. The Hall–Kier alpha value is -2.01. The van der Waals surface area contributed by atoms with Crippen molar-refractivity contribution >= 4 is 0 Å². The van der Waals surface area contributed by atoms with Gasteiger partial charge in [0.2, 0.25) is 0 Å². The van der Waals surface area contributed by atoms with E-state index < -0.39 is 12.3 Å². The Morgan fingerprint density at radius 3 is 2.26 bits per heavy atom. The Bertz CT molecular complexity index is 636. The number of hydrogen-bond donors (Lipinski definition) is 1. The van der Waals surface area contributed by atoms with Crippen LogP contribution in [0.2, 0.25) is 0 Å². The molecular formula is C18H19F3O2. The molecular weight excluding hydrogens is 305 g/mol.